The molecule has 0 aliphatic rings. The molecule has 130 valence electrons. The molecule has 23 heavy (non-hydrogen) atoms. The molecule has 0 bridgehead atoms. The van der Waals surface area contributed by atoms with Crippen LogP contribution in [0.4, 0.5) is 0 Å². The van der Waals surface area contributed by atoms with Gasteiger partial charge in [-0.05, 0) is 0 Å². The Bertz CT molecular complexity index is 319. The predicted molar refractivity (Wildman–Crippen MR) is 112 cm³/mol. The van der Waals surface area contributed by atoms with Gasteiger partial charge in [0, 0.05) is 0 Å². The average molecular weight is 438 g/mol. The standard InChI is InChI=1S/4C4H9.C3H2NS.Li.Sn/c4*1-3-4-2;1-2-5-3-4-1;;/h4*1,3-4H2,2H3;2-3H;;. The normalized spacial score (nSPS) is 11.2. The van der Waals surface area contributed by atoms with Crippen molar-refractivity contribution in [1.29, 1.82) is 0 Å². The van der Waals surface area contributed by atoms with Gasteiger partial charge in [-0.25, -0.2) is 0 Å². The van der Waals surface area contributed by atoms with Gasteiger partial charge in [0.05, 0.1) is 0 Å². The Kier molecular flexibility index (Phi) is 17.2. The Morgan fingerprint density at radius 3 is 1.61 bits per heavy atom. The Labute approximate surface area is 163 Å². The van der Waals surface area contributed by atoms with Crippen LogP contribution in [0.2, 0.25) is 18.4 Å². The van der Waals surface area contributed by atoms with E-state index in [0.717, 1.165) is 0 Å². The van der Waals surface area contributed by atoms with E-state index in [1.54, 1.807) is 3.71 Å². The van der Waals surface area contributed by atoms with Gasteiger partial charge in [0.15, 0.2) is 0 Å². The van der Waals surface area contributed by atoms with Crippen LogP contribution in [0.3, 0.4) is 0 Å². The van der Waals surface area contributed by atoms with E-state index in [1.165, 1.54) is 69.8 Å². The first-order valence-corrected chi connectivity index (χ1v) is 18.5. The van der Waals surface area contributed by atoms with Gasteiger partial charge in [-0.3, -0.25) is 0 Å². The fourth-order valence-electron chi connectivity index (χ4n) is 3.13. The molecule has 1 rings (SSSR count). The monoisotopic (exact) mass is 439 g/mol. The average Bonchev–Trinajstić information content (AvgIpc) is 3.11. The summed E-state index contributed by atoms with van der Waals surface area (Å²) < 4.78 is 6.20. The van der Waals surface area contributed by atoms with Gasteiger partial charge in [-0.15, -0.1) is 0 Å². The first-order chi connectivity index (χ1) is 11.2. The van der Waals surface area contributed by atoms with Crippen LogP contribution in [0, 0.1) is 0 Å². The quantitative estimate of drug-likeness (QED) is 0.337. The van der Waals surface area contributed by atoms with Gasteiger partial charge in [-0.2, -0.15) is 0 Å². The second-order valence-electron chi connectivity index (χ2n) is 6.82. The van der Waals surface area contributed by atoms with Gasteiger partial charge < -0.3 is 0 Å². The van der Waals surface area contributed by atoms with E-state index in [-0.39, 0.29) is 0 Å². The summed E-state index contributed by atoms with van der Waals surface area (Å²) in [6.45, 7) is 9.20. The van der Waals surface area contributed by atoms with E-state index in [2.05, 4.69) is 56.3 Å². The van der Waals surface area contributed by atoms with Crippen molar-refractivity contribution in [3.63, 3.8) is 0 Å². The summed E-state index contributed by atoms with van der Waals surface area (Å²) in [5.41, 5.74) is 2.06. The predicted octanol–water partition coefficient (Wildman–Crippen LogP) is 6.57. The topological polar surface area (TPSA) is 12.9 Å². The third kappa shape index (κ3) is 10.6. The molecule has 0 aliphatic carbocycles. The second-order valence-corrected chi connectivity index (χ2v) is 20.6. The van der Waals surface area contributed by atoms with Crippen molar-refractivity contribution in [2.24, 2.45) is 0 Å². The molecule has 0 aliphatic heterocycles. The van der Waals surface area contributed by atoms with Crippen molar-refractivity contribution < 1.29 is 0 Å². The fourth-order valence-corrected chi connectivity index (χ4v) is 20.9. The number of thiazole rings is 1. The third-order valence-electron chi connectivity index (χ3n) is 4.71. The zero-order valence-electron chi connectivity index (χ0n) is 16.5. The maximum absolute atomic E-state index is 4.76. The number of hydrogen-bond donors (Lipinski definition) is 0. The molecule has 0 saturated heterocycles. The van der Waals surface area contributed by atoms with Crippen LogP contribution in [0.25, 0.3) is 0 Å². The van der Waals surface area contributed by atoms with Crippen molar-refractivity contribution in [1.82, 2.24) is 4.98 Å². The van der Waals surface area contributed by atoms with Gasteiger partial charge in [0.1, 0.15) is 0 Å². The van der Waals surface area contributed by atoms with Crippen LogP contribution >= 0.6 is 11.3 Å². The van der Waals surface area contributed by atoms with E-state index in [1.807, 2.05) is 11.3 Å². The summed E-state index contributed by atoms with van der Waals surface area (Å²) in [7, 11) is 0. The second kappa shape index (κ2) is 16.5. The van der Waals surface area contributed by atoms with Gasteiger partial charge in [0.2, 0.25) is 0 Å². The minimum absolute atomic E-state index is 1.34. The van der Waals surface area contributed by atoms with Crippen LogP contribution in [0.1, 0.15) is 79.1 Å². The van der Waals surface area contributed by atoms with E-state index < -0.39 is 18.4 Å². The summed E-state index contributed by atoms with van der Waals surface area (Å²) in [5, 5.41) is 3.73. The van der Waals surface area contributed by atoms with Crippen LogP contribution in [-0.2, 0) is 0 Å². The molecular weight excluding hydrogens is 400 g/mol. The van der Waals surface area contributed by atoms with Crippen LogP contribution in [0.5, 0.6) is 0 Å². The molecule has 0 unspecified atom stereocenters. The van der Waals surface area contributed by atoms with Crippen molar-refractivity contribution in [3.05, 3.63) is 10.9 Å². The Hall–Kier alpha value is 1.03. The van der Waals surface area contributed by atoms with Crippen molar-refractivity contribution in [3.8, 4) is 0 Å². The van der Waals surface area contributed by atoms with Crippen molar-refractivity contribution >= 4 is 51.1 Å². The minimum atomic E-state index is -2.13. The number of hydrogen-bond acceptors (Lipinski definition) is 2. The molecule has 0 aromatic carbocycles. The van der Waals surface area contributed by atoms with E-state index >= 15 is 0 Å². The zero-order chi connectivity index (χ0) is 17.4. The van der Waals surface area contributed by atoms with E-state index in [9.17, 15) is 0 Å². The molecule has 0 amide bonds. The SMILES string of the molecule is CCC[CH2][Sn]([CH2]CCC)([CH2]CCC)[c]1cscn1.[Li][CH2]CCC. The van der Waals surface area contributed by atoms with E-state index in [4.69, 9.17) is 4.98 Å². The van der Waals surface area contributed by atoms with Crippen LogP contribution < -0.4 is 3.71 Å². The molecule has 0 radical (unpaired) electrons. The van der Waals surface area contributed by atoms with Gasteiger partial charge >= 0.3 is 164 Å². The van der Waals surface area contributed by atoms with Gasteiger partial charge in [0.25, 0.3) is 0 Å². The summed E-state index contributed by atoms with van der Waals surface area (Å²) >= 11 is 1.89. The van der Waals surface area contributed by atoms with Crippen molar-refractivity contribution in [2.45, 2.75) is 97.5 Å². The first kappa shape index (κ1) is 24.0. The summed E-state index contributed by atoms with van der Waals surface area (Å²) in [5.74, 6) is 0. The summed E-state index contributed by atoms with van der Waals surface area (Å²) in [6, 6.07) is 0. The Balaban J connectivity index is 0.000000841. The van der Waals surface area contributed by atoms with Crippen LogP contribution in [0.15, 0.2) is 10.9 Å². The number of nitrogens with zero attached hydrogens (tertiary/aromatic N) is 1. The van der Waals surface area contributed by atoms with E-state index in [0.29, 0.717) is 0 Å². The molecule has 1 aromatic heterocycles. The Morgan fingerprint density at radius 1 is 0.870 bits per heavy atom. The molecule has 1 aromatic rings. The molecule has 0 atom stereocenters. The molecule has 0 spiro atoms. The fraction of sp³-hybridized carbons (Fsp3) is 0.842. The molecule has 4 heteroatoms. The molecule has 1 heterocycles. The molecule has 1 nitrogen and oxygen atoms in total. The first-order valence-electron chi connectivity index (χ1n) is 10.1. The Morgan fingerprint density at radius 2 is 1.35 bits per heavy atom. The molecule has 0 N–H and O–H groups in total. The van der Waals surface area contributed by atoms with Crippen molar-refractivity contribution in [2.75, 3.05) is 0 Å². The zero-order valence-corrected chi connectivity index (χ0v) is 20.2. The van der Waals surface area contributed by atoms with Gasteiger partial charge in [-0.1, -0.05) is 0 Å². The number of aromatic nitrogens is 1. The summed E-state index contributed by atoms with van der Waals surface area (Å²) in [4.78, 5) is 4.76. The molecular formula is C19H38LiNSSn. The maximum atomic E-state index is 4.76. The molecule has 0 fully saturated rings. The number of rotatable bonds is 12. The third-order valence-corrected chi connectivity index (χ3v) is 21.0. The molecule has 0 saturated carbocycles. The number of unbranched alkanes of at least 4 members (excludes halogenated alkanes) is 4. The summed E-state index contributed by atoms with van der Waals surface area (Å²) in [6.07, 6.45) is 11.1. The van der Waals surface area contributed by atoms with Crippen LogP contribution in [-0.4, -0.2) is 41.1 Å².